The van der Waals surface area contributed by atoms with Crippen molar-refractivity contribution in [2.24, 2.45) is 7.05 Å². The third kappa shape index (κ3) is 3.55. The summed E-state index contributed by atoms with van der Waals surface area (Å²) >= 11 is 0. The van der Waals surface area contributed by atoms with E-state index in [1.165, 1.54) is 0 Å². The highest BCUT2D eigenvalue weighted by molar-refractivity contribution is 5.93. The molecule has 7 heteroatoms. The molecule has 0 aliphatic carbocycles. The molecule has 1 aromatic rings. The fraction of sp³-hybridized carbons (Fsp3) is 0.688. The summed E-state index contributed by atoms with van der Waals surface area (Å²) < 4.78 is 7.69. The molecule has 0 radical (unpaired) electrons. The summed E-state index contributed by atoms with van der Waals surface area (Å²) in [5.41, 5.74) is 0.431. The highest BCUT2D eigenvalue weighted by Crippen LogP contribution is 2.35. The first-order chi connectivity index (χ1) is 11.0. The Morgan fingerprint density at radius 2 is 2.13 bits per heavy atom. The topological polar surface area (TPSA) is 76.5 Å². The van der Waals surface area contributed by atoms with Gasteiger partial charge in [-0.1, -0.05) is 0 Å². The second-order valence-corrected chi connectivity index (χ2v) is 6.62. The smallest absolute Gasteiger partial charge is 0.257 e. The molecule has 1 spiro atoms. The van der Waals surface area contributed by atoms with Gasteiger partial charge < -0.3 is 15.0 Å². The summed E-state index contributed by atoms with van der Waals surface area (Å²) in [4.78, 5) is 25.6. The molecule has 1 aromatic heterocycles. The molecule has 2 fully saturated rings. The van der Waals surface area contributed by atoms with Gasteiger partial charge in [0, 0.05) is 45.9 Å². The number of likely N-dealkylation sites (tertiary alicyclic amines) is 1. The van der Waals surface area contributed by atoms with E-state index in [2.05, 4.69) is 10.4 Å². The Morgan fingerprint density at radius 1 is 1.39 bits per heavy atom. The molecule has 126 valence electrons. The third-order valence-electron chi connectivity index (χ3n) is 4.81. The van der Waals surface area contributed by atoms with Crippen LogP contribution in [0.2, 0.25) is 0 Å². The minimum atomic E-state index is -0.197. The Hall–Kier alpha value is -1.89. The average molecular weight is 320 g/mol. The molecule has 0 bridgehead atoms. The van der Waals surface area contributed by atoms with Gasteiger partial charge in [0.25, 0.3) is 5.91 Å². The molecule has 1 atom stereocenters. The molecule has 2 saturated heterocycles. The van der Waals surface area contributed by atoms with Crippen LogP contribution in [0.1, 0.15) is 43.0 Å². The molecule has 0 unspecified atom stereocenters. The highest BCUT2D eigenvalue weighted by atomic mass is 16.5. The van der Waals surface area contributed by atoms with E-state index in [0.717, 1.165) is 25.7 Å². The van der Waals surface area contributed by atoms with Gasteiger partial charge in [-0.15, -0.1) is 0 Å². The van der Waals surface area contributed by atoms with Crippen molar-refractivity contribution < 1.29 is 14.3 Å². The molecule has 1 N–H and O–H groups in total. The van der Waals surface area contributed by atoms with E-state index in [1.54, 1.807) is 31.0 Å². The lowest BCUT2D eigenvalue weighted by Crippen LogP contribution is -2.54. The standard InChI is InChI=1S/C16H24N4O3/c1-12(21)18-14-3-8-23-16(9-14)4-6-20(7-5-16)15(22)13-10-17-19(2)11-13/h10-11,14H,3-9H2,1-2H3,(H,18,21)/t14-/m1/s1. The SMILES string of the molecule is CC(=O)N[C@@H]1CCOC2(CCN(C(=O)c3cnn(C)c3)CC2)C1. The van der Waals surface area contributed by atoms with E-state index in [0.29, 0.717) is 25.3 Å². The maximum atomic E-state index is 12.5. The summed E-state index contributed by atoms with van der Waals surface area (Å²) in [7, 11) is 1.81. The van der Waals surface area contributed by atoms with E-state index in [9.17, 15) is 9.59 Å². The Balaban J connectivity index is 1.59. The van der Waals surface area contributed by atoms with Crippen LogP contribution >= 0.6 is 0 Å². The minimum absolute atomic E-state index is 0.0104. The minimum Gasteiger partial charge on any atom is -0.375 e. The first kappa shape index (κ1) is 16.0. The Morgan fingerprint density at radius 3 is 2.74 bits per heavy atom. The van der Waals surface area contributed by atoms with E-state index < -0.39 is 0 Å². The molecule has 0 saturated carbocycles. The number of aryl methyl sites for hydroxylation is 1. The number of piperidine rings is 1. The molecular formula is C16H24N4O3. The molecule has 23 heavy (non-hydrogen) atoms. The number of amides is 2. The molecule has 7 nitrogen and oxygen atoms in total. The van der Waals surface area contributed by atoms with Gasteiger partial charge in [0.15, 0.2) is 0 Å². The normalized spacial score (nSPS) is 23.7. The maximum Gasteiger partial charge on any atom is 0.257 e. The van der Waals surface area contributed by atoms with E-state index in [4.69, 9.17) is 4.74 Å². The number of carbonyl (C=O) groups excluding carboxylic acids is 2. The van der Waals surface area contributed by atoms with E-state index >= 15 is 0 Å². The van der Waals surface area contributed by atoms with Crippen molar-refractivity contribution in [1.29, 1.82) is 0 Å². The number of ether oxygens (including phenoxy) is 1. The van der Waals surface area contributed by atoms with Crippen LogP contribution in [0.15, 0.2) is 12.4 Å². The van der Waals surface area contributed by atoms with Gasteiger partial charge in [0.1, 0.15) is 0 Å². The summed E-state index contributed by atoms with van der Waals surface area (Å²) in [6.45, 7) is 3.58. The summed E-state index contributed by atoms with van der Waals surface area (Å²) in [5, 5.41) is 7.06. The van der Waals surface area contributed by atoms with Gasteiger partial charge in [-0.3, -0.25) is 14.3 Å². The fourth-order valence-electron chi connectivity index (χ4n) is 3.62. The number of hydrogen-bond acceptors (Lipinski definition) is 4. The van der Waals surface area contributed by atoms with E-state index in [-0.39, 0.29) is 23.5 Å². The number of hydrogen-bond donors (Lipinski definition) is 1. The molecule has 3 rings (SSSR count). The van der Waals surface area contributed by atoms with E-state index in [1.807, 2.05) is 4.90 Å². The number of carbonyl (C=O) groups is 2. The van der Waals surface area contributed by atoms with Crippen molar-refractivity contribution in [1.82, 2.24) is 20.0 Å². The fourth-order valence-corrected chi connectivity index (χ4v) is 3.62. The summed E-state index contributed by atoms with van der Waals surface area (Å²) in [5.74, 6) is 0.0402. The first-order valence-electron chi connectivity index (χ1n) is 8.16. The molecule has 3 heterocycles. The number of rotatable bonds is 2. The van der Waals surface area contributed by atoms with Gasteiger partial charge in [0.2, 0.25) is 5.91 Å². The van der Waals surface area contributed by atoms with Gasteiger partial charge in [-0.25, -0.2) is 0 Å². The second kappa shape index (κ2) is 6.31. The van der Waals surface area contributed by atoms with Crippen LogP contribution in [0.4, 0.5) is 0 Å². The van der Waals surface area contributed by atoms with Crippen LogP contribution in [0.5, 0.6) is 0 Å². The van der Waals surface area contributed by atoms with Crippen molar-refractivity contribution in [2.45, 2.75) is 44.2 Å². The predicted octanol–water partition coefficient (Wildman–Crippen LogP) is 0.710. The van der Waals surface area contributed by atoms with Crippen LogP contribution in [0.3, 0.4) is 0 Å². The Bertz CT molecular complexity index is 590. The summed E-state index contributed by atoms with van der Waals surface area (Å²) in [6, 6.07) is 0.182. The number of nitrogens with one attached hydrogen (secondary N) is 1. The number of nitrogens with zero attached hydrogens (tertiary/aromatic N) is 3. The lowest BCUT2D eigenvalue weighted by Gasteiger charge is -2.46. The monoisotopic (exact) mass is 320 g/mol. The van der Waals surface area contributed by atoms with Crippen LogP contribution in [0.25, 0.3) is 0 Å². The van der Waals surface area contributed by atoms with Gasteiger partial charge in [0.05, 0.1) is 17.4 Å². The highest BCUT2D eigenvalue weighted by Gasteiger charge is 2.41. The lowest BCUT2D eigenvalue weighted by atomic mass is 9.82. The van der Waals surface area contributed by atoms with Crippen molar-refractivity contribution in [3.05, 3.63) is 18.0 Å². The zero-order chi connectivity index (χ0) is 16.4. The van der Waals surface area contributed by atoms with Crippen molar-refractivity contribution >= 4 is 11.8 Å². The van der Waals surface area contributed by atoms with Gasteiger partial charge in [-0.2, -0.15) is 5.10 Å². The molecule has 2 aliphatic rings. The van der Waals surface area contributed by atoms with Gasteiger partial charge in [-0.05, 0) is 25.7 Å². The summed E-state index contributed by atoms with van der Waals surface area (Å²) in [6.07, 6.45) is 6.68. The van der Waals surface area contributed by atoms with Crippen LogP contribution in [0, 0.1) is 0 Å². The average Bonchev–Trinajstić information content (AvgIpc) is 2.93. The zero-order valence-electron chi connectivity index (χ0n) is 13.7. The lowest BCUT2D eigenvalue weighted by molar-refractivity contribution is -0.128. The largest absolute Gasteiger partial charge is 0.375 e. The molecule has 0 aromatic carbocycles. The third-order valence-corrected chi connectivity index (χ3v) is 4.81. The van der Waals surface area contributed by atoms with Crippen molar-refractivity contribution in [3.63, 3.8) is 0 Å². The quantitative estimate of drug-likeness (QED) is 0.871. The van der Waals surface area contributed by atoms with Crippen LogP contribution < -0.4 is 5.32 Å². The van der Waals surface area contributed by atoms with Crippen LogP contribution in [-0.2, 0) is 16.6 Å². The predicted molar refractivity (Wildman–Crippen MR) is 83.9 cm³/mol. The van der Waals surface area contributed by atoms with Crippen molar-refractivity contribution in [2.75, 3.05) is 19.7 Å². The molecular weight excluding hydrogens is 296 g/mol. The van der Waals surface area contributed by atoms with Gasteiger partial charge >= 0.3 is 0 Å². The molecule has 2 aliphatic heterocycles. The Kier molecular flexibility index (Phi) is 4.39. The molecule has 2 amide bonds. The second-order valence-electron chi connectivity index (χ2n) is 6.62. The zero-order valence-corrected chi connectivity index (χ0v) is 13.7. The van der Waals surface area contributed by atoms with Crippen molar-refractivity contribution in [3.8, 4) is 0 Å². The number of aromatic nitrogens is 2. The van der Waals surface area contributed by atoms with Crippen LogP contribution in [-0.4, -0.2) is 57.8 Å². The first-order valence-corrected chi connectivity index (χ1v) is 8.16. The Labute approximate surface area is 136 Å². The maximum absolute atomic E-state index is 12.5.